The SMILES string of the molecule is Cc1ccc(COCC(NC(=O)OC(C)(C)C)C(=O)O)cc1. The van der Waals surface area contributed by atoms with Crippen molar-refractivity contribution in [1.29, 1.82) is 0 Å². The van der Waals surface area contributed by atoms with E-state index in [4.69, 9.17) is 14.6 Å². The van der Waals surface area contributed by atoms with Crippen molar-refractivity contribution in [1.82, 2.24) is 5.32 Å². The minimum atomic E-state index is -1.17. The highest BCUT2D eigenvalue weighted by Gasteiger charge is 2.24. The molecule has 1 aromatic rings. The Bertz CT molecular complexity index is 504. The van der Waals surface area contributed by atoms with E-state index in [1.54, 1.807) is 20.8 Å². The smallest absolute Gasteiger partial charge is 0.408 e. The predicted molar refractivity (Wildman–Crippen MR) is 81.6 cm³/mol. The number of aliphatic carboxylic acids is 1. The highest BCUT2D eigenvalue weighted by Crippen LogP contribution is 2.07. The summed E-state index contributed by atoms with van der Waals surface area (Å²) in [6, 6.07) is 6.57. The van der Waals surface area contributed by atoms with Gasteiger partial charge in [0.2, 0.25) is 0 Å². The average Bonchev–Trinajstić information content (AvgIpc) is 2.37. The van der Waals surface area contributed by atoms with Crippen LogP contribution >= 0.6 is 0 Å². The first-order chi connectivity index (χ1) is 10.2. The van der Waals surface area contributed by atoms with Gasteiger partial charge in [0.05, 0.1) is 13.2 Å². The van der Waals surface area contributed by atoms with Crippen molar-refractivity contribution in [3.63, 3.8) is 0 Å². The number of aryl methyl sites for hydroxylation is 1. The monoisotopic (exact) mass is 309 g/mol. The van der Waals surface area contributed by atoms with Crippen LogP contribution in [0.5, 0.6) is 0 Å². The van der Waals surface area contributed by atoms with E-state index in [1.807, 2.05) is 31.2 Å². The number of amides is 1. The van der Waals surface area contributed by atoms with E-state index in [0.717, 1.165) is 11.1 Å². The van der Waals surface area contributed by atoms with Crippen LogP contribution in [-0.2, 0) is 20.9 Å². The number of ether oxygens (including phenoxy) is 2. The molecule has 122 valence electrons. The number of alkyl carbamates (subject to hydrolysis) is 1. The Morgan fingerprint density at radius 1 is 1.23 bits per heavy atom. The zero-order valence-electron chi connectivity index (χ0n) is 13.4. The quantitative estimate of drug-likeness (QED) is 0.843. The first-order valence-corrected chi connectivity index (χ1v) is 7.03. The molecule has 0 aromatic heterocycles. The van der Waals surface area contributed by atoms with Gasteiger partial charge in [0.15, 0.2) is 6.04 Å². The Hall–Kier alpha value is -2.08. The van der Waals surface area contributed by atoms with Crippen LogP contribution in [0, 0.1) is 6.92 Å². The van der Waals surface area contributed by atoms with Crippen LogP contribution in [0.15, 0.2) is 24.3 Å². The lowest BCUT2D eigenvalue weighted by molar-refractivity contribution is -0.141. The first kappa shape index (κ1) is 18.0. The summed E-state index contributed by atoms with van der Waals surface area (Å²) in [6.45, 7) is 7.24. The van der Waals surface area contributed by atoms with Crippen molar-refractivity contribution in [2.45, 2.75) is 45.9 Å². The normalized spacial score (nSPS) is 12.5. The molecule has 0 spiro atoms. The molecule has 0 heterocycles. The van der Waals surface area contributed by atoms with Gasteiger partial charge in [-0.15, -0.1) is 0 Å². The highest BCUT2D eigenvalue weighted by atomic mass is 16.6. The molecule has 1 amide bonds. The van der Waals surface area contributed by atoms with Gasteiger partial charge in [0, 0.05) is 0 Å². The van der Waals surface area contributed by atoms with Crippen LogP contribution in [-0.4, -0.2) is 35.4 Å². The maximum Gasteiger partial charge on any atom is 0.408 e. The Balaban J connectivity index is 2.46. The van der Waals surface area contributed by atoms with Gasteiger partial charge in [0.1, 0.15) is 5.60 Å². The van der Waals surface area contributed by atoms with Crippen LogP contribution in [0.25, 0.3) is 0 Å². The molecule has 1 aromatic carbocycles. The molecular weight excluding hydrogens is 286 g/mol. The topological polar surface area (TPSA) is 84.9 Å². The fourth-order valence-electron chi connectivity index (χ4n) is 1.60. The Morgan fingerprint density at radius 2 is 1.82 bits per heavy atom. The molecule has 1 atom stereocenters. The summed E-state index contributed by atoms with van der Waals surface area (Å²) in [5, 5.41) is 11.4. The van der Waals surface area contributed by atoms with E-state index < -0.39 is 23.7 Å². The van der Waals surface area contributed by atoms with E-state index in [2.05, 4.69) is 5.32 Å². The zero-order chi connectivity index (χ0) is 16.8. The van der Waals surface area contributed by atoms with Crippen molar-refractivity contribution < 1.29 is 24.2 Å². The van der Waals surface area contributed by atoms with Gasteiger partial charge < -0.3 is 19.9 Å². The van der Waals surface area contributed by atoms with E-state index >= 15 is 0 Å². The highest BCUT2D eigenvalue weighted by molar-refractivity contribution is 5.80. The van der Waals surface area contributed by atoms with E-state index in [0.29, 0.717) is 0 Å². The molecule has 0 aliphatic rings. The Kier molecular flexibility index (Phi) is 6.37. The van der Waals surface area contributed by atoms with Crippen LogP contribution in [0.4, 0.5) is 4.79 Å². The summed E-state index contributed by atoms with van der Waals surface area (Å²) in [7, 11) is 0. The number of carboxylic acids is 1. The standard InChI is InChI=1S/C16H23NO5/c1-11-5-7-12(8-6-11)9-21-10-13(14(18)19)17-15(20)22-16(2,3)4/h5-8,13H,9-10H2,1-4H3,(H,17,20)(H,18,19). The first-order valence-electron chi connectivity index (χ1n) is 7.03. The van der Waals surface area contributed by atoms with Crippen LogP contribution in [0.3, 0.4) is 0 Å². The average molecular weight is 309 g/mol. The van der Waals surface area contributed by atoms with Crippen molar-refractivity contribution in [3.05, 3.63) is 35.4 Å². The summed E-state index contributed by atoms with van der Waals surface area (Å²) >= 11 is 0. The van der Waals surface area contributed by atoms with Crippen molar-refractivity contribution in [2.75, 3.05) is 6.61 Å². The lowest BCUT2D eigenvalue weighted by atomic mass is 10.2. The zero-order valence-corrected chi connectivity index (χ0v) is 13.4. The van der Waals surface area contributed by atoms with Gasteiger partial charge >= 0.3 is 12.1 Å². The number of carboxylic acid groups (broad SMARTS) is 1. The van der Waals surface area contributed by atoms with Gasteiger partial charge in [0.25, 0.3) is 0 Å². The Morgan fingerprint density at radius 3 is 2.32 bits per heavy atom. The molecule has 6 nitrogen and oxygen atoms in total. The molecule has 0 aliphatic carbocycles. The second-order valence-corrected chi connectivity index (χ2v) is 6.04. The van der Waals surface area contributed by atoms with Crippen molar-refractivity contribution in [2.24, 2.45) is 0 Å². The third-order valence-corrected chi connectivity index (χ3v) is 2.66. The summed E-state index contributed by atoms with van der Waals surface area (Å²) < 4.78 is 10.4. The van der Waals surface area contributed by atoms with Crippen LogP contribution in [0.2, 0.25) is 0 Å². The lowest BCUT2D eigenvalue weighted by Crippen LogP contribution is -2.46. The molecule has 1 rings (SSSR count). The fourth-order valence-corrected chi connectivity index (χ4v) is 1.60. The maximum absolute atomic E-state index is 11.6. The molecule has 0 saturated carbocycles. The minimum absolute atomic E-state index is 0.136. The van der Waals surface area contributed by atoms with E-state index in [1.165, 1.54) is 0 Å². The van der Waals surface area contributed by atoms with Crippen molar-refractivity contribution in [3.8, 4) is 0 Å². The molecule has 0 aliphatic heterocycles. The predicted octanol–water partition coefficient (Wildman–Crippen LogP) is 2.49. The van der Waals surface area contributed by atoms with Crippen LogP contribution < -0.4 is 5.32 Å². The number of hydrogen-bond acceptors (Lipinski definition) is 4. The van der Waals surface area contributed by atoms with Gasteiger partial charge in [-0.2, -0.15) is 0 Å². The maximum atomic E-state index is 11.6. The molecule has 0 bridgehead atoms. The van der Waals surface area contributed by atoms with E-state index in [-0.39, 0.29) is 13.2 Å². The largest absolute Gasteiger partial charge is 0.480 e. The summed E-state index contributed by atoms with van der Waals surface area (Å²) in [5.41, 5.74) is 1.39. The number of rotatable bonds is 6. The van der Waals surface area contributed by atoms with Gasteiger partial charge in [-0.05, 0) is 33.3 Å². The molecule has 6 heteroatoms. The van der Waals surface area contributed by atoms with Gasteiger partial charge in [-0.1, -0.05) is 29.8 Å². The third kappa shape index (κ3) is 7.08. The molecule has 0 fully saturated rings. The second-order valence-electron chi connectivity index (χ2n) is 6.04. The number of hydrogen-bond donors (Lipinski definition) is 2. The second kappa shape index (κ2) is 7.79. The molecule has 0 radical (unpaired) electrons. The van der Waals surface area contributed by atoms with Gasteiger partial charge in [-0.25, -0.2) is 9.59 Å². The Labute approximate surface area is 130 Å². The number of carbonyl (C=O) groups excluding carboxylic acids is 1. The summed E-state index contributed by atoms with van der Waals surface area (Å²) in [6.07, 6.45) is -0.779. The molecule has 22 heavy (non-hydrogen) atoms. The molecular formula is C16H23NO5. The molecule has 1 unspecified atom stereocenters. The van der Waals surface area contributed by atoms with Crippen molar-refractivity contribution >= 4 is 12.1 Å². The molecule has 0 saturated heterocycles. The van der Waals surface area contributed by atoms with Crippen LogP contribution in [0.1, 0.15) is 31.9 Å². The van der Waals surface area contributed by atoms with E-state index in [9.17, 15) is 9.59 Å². The number of benzene rings is 1. The summed E-state index contributed by atoms with van der Waals surface area (Å²) in [5.74, 6) is -1.17. The lowest BCUT2D eigenvalue weighted by Gasteiger charge is -2.22. The number of carbonyl (C=O) groups is 2. The third-order valence-electron chi connectivity index (χ3n) is 2.66. The van der Waals surface area contributed by atoms with Gasteiger partial charge in [-0.3, -0.25) is 0 Å². The number of nitrogens with one attached hydrogen (secondary N) is 1. The fraction of sp³-hybridized carbons (Fsp3) is 0.500. The summed E-state index contributed by atoms with van der Waals surface area (Å²) in [4.78, 5) is 22.7. The minimum Gasteiger partial charge on any atom is -0.480 e. The molecule has 2 N–H and O–H groups in total.